The minimum atomic E-state index is -0.286. The molecule has 2 amide bonds. The SMILES string of the molecule is COc1cccc(Cn2c(C(=O)N3CCC(C(N)=O)CC3)cc3ccoc32)c1. The summed E-state index contributed by atoms with van der Waals surface area (Å²) in [5.41, 5.74) is 7.65. The van der Waals surface area contributed by atoms with Gasteiger partial charge in [0.25, 0.3) is 5.91 Å². The van der Waals surface area contributed by atoms with E-state index in [9.17, 15) is 9.59 Å². The third kappa shape index (κ3) is 3.35. The number of rotatable bonds is 5. The summed E-state index contributed by atoms with van der Waals surface area (Å²) < 4.78 is 12.8. The van der Waals surface area contributed by atoms with Crippen LogP contribution >= 0.6 is 0 Å². The molecule has 0 bridgehead atoms. The zero-order valence-corrected chi connectivity index (χ0v) is 15.8. The average Bonchev–Trinajstić information content (AvgIpc) is 3.30. The molecule has 1 aromatic carbocycles. The van der Waals surface area contributed by atoms with Gasteiger partial charge in [-0.05, 0) is 42.7 Å². The number of aromatic nitrogens is 1. The molecular weight excluding hydrogens is 358 g/mol. The summed E-state index contributed by atoms with van der Waals surface area (Å²) >= 11 is 0. The molecule has 0 unspecified atom stereocenters. The fourth-order valence-electron chi connectivity index (χ4n) is 3.79. The van der Waals surface area contributed by atoms with Gasteiger partial charge in [0.1, 0.15) is 11.4 Å². The molecule has 3 aromatic rings. The molecule has 1 fully saturated rings. The molecule has 7 heteroatoms. The molecule has 0 atom stereocenters. The number of carbonyl (C=O) groups excluding carboxylic acids is 2. The number of hydrogen-bond acceptors (Lipinski definition) is 4. The van der Waals surface area contributed by atoms with Crippen molar-refractivity contribution < 1.29 is 18.7 Å². The topological polar surface area (TPSA) is 90.7 Å². The van der Waals surface area contributed by atoms with Crippen LogP contribution in [0.3, 0.4) is 0 Å². The molecule has 146 valence electrons. The highest BCUT2D eigenvalue weighted by molar-refractivity contribution is 5.98. The van der Waals surface area contributed by atoms with Crippen LogP contribution in [0.1, 0.15) is 28.9 Å². The maximum absolute atomic E-state index is 13.2. The molecule has 28 heavy (non-hydrogen) atoms. The Bertz CT molecular complexity index is 1010. The van der Waals surface area contributed by atoms with Gasteiger partial charge in [0.15, 0.2) is 0 Å². The second kappa shape index (κ2) is 7.42. The molecule has 2 N–H and O–H groups in total. The zero-order chi connectivity index (χ0) is 19.7. The van der Waals surface area contributed by atoms with Gasteiger partial charge >= 0.3 is 0 Å². The fourth-order valence-corrected chi connectivity index (χ4v) is 3.79. The number of nitrogens with two attached hydrogens (primary N) is 1. The van der Waals surface area contributed by atoms with Crippen molar-refractivity contribution in [1.82, 2.24) is 9.47 Å². The number of ether oxygens (including phenoxy) is 1. The number of methoxy groups -OCH3 is 1. The maximum atomic E-state index is 13.2. The van der Waals surface area contributed by atoms with Crippen LogP contribution in [0.5, 0.6) is 5.75 Å². The van der Waals surface area contributed by atoms with E-state index in [1.165, 1.54) is 0 Å². The second-order valence-electron chi connectivity index (χ2n) is 7.12. The minimum Gasteiger partial charge on any atom is -0.497 e. The first-order valence-corrected chi connectivity index (χ1v) is 9.35. The number of likely N-dealkylation sites (tertiary alicyclic amines) is 1. The summed E-state index contributed by atoms with van der Waals surface area (Å²) in [6.45, 7) is 1.54. The number of furan rings is 1. The van der Waals surface area contributed by atoms with Gasteiger partial charge in [-0.3, -0.25) is 9.59 Å². The van der Waals surface area contributed by atoms with E-state index >= 15 is 0 Å². The van der Waals surface area contributed by atoms with Gasteiger partial charge in [0, 0.05) is 24.4 Å². The summed E-state index contributed by atoms with van der Waals surface area (Å²) in [7, 11) is 1.63. The van der Waals surface area contributed by atoms with E-state index in [2.05, 4.69) is 0 Å². The maximum Gasteiger partial charge on any atom is 0.270 e. The Kier molecular flexibility index (Phi) is 4.81. The van der Waals surface area contributed by atoms with E-state index in [-0.39, 0.29) is 17.7 Å². The molecule has 0 spiro atoms. The van der Waals surface area contributed by atoms with Crippen molar-refractivity contribution in [1.29, 1.82) is 0 Å². The van der Waals surface area contributed by atoms with Crippen LogP contribution in [0, 0.1) is 5.92 Å². The molecule has 7 nitrogen and oxygen atoms in total. The Balaban J connectivity index is 1.62. The first-order chi connectivity index (χ1) is 13.6. The van der Waals surface area contributed by atoms with Crippen molar-refractivity contribution >= 4 is 22.9 Å². The van der Waals surface area contributed by atoms with Crippen molar-refractivity contribution in [2.24, 2.45) is 11.7 Å². The van der Waals surface area contributed by atoms with Crippen LogP contribution in [0.4, 0.5) is 0 Å². The van der Waals surface area contributed by atoms with Crippen LogP contribution in [0.2, 0.25) is 0 Å². The highest BCUT2D eigenvalue weighted by Gasteiger charge is 2.29. The molecule has 0 saturated carbocycles. The third-order valence-corrected chi connectivity index (χ3v) is 5.38. The number of carbonyl (C=O) groups is 2. The number of nitrogens with zero attached hydrogens (tertiary/aromatic N) is 2. The lowest BCUT2D eigenvalue weighted by molar-refractivity contribution is -0.123. The number of fused-ring (bicyclic) bond motifs is 1. The number of hydrogen-bond donors (Lipinski definition) is 1. The van der Waals surface area contributed by atoms with Gasteiger partial charge in [-0.25, -0.2) is 0 Å². The lowest BCUT2D eigenvalue weighted by Gasteiger charge is -2.30. The molecule has 1 saturated heterocycles. The van der Waals surface area contributed by atoms with Crippen molar-refractivity contribution in [3.63, 3.8) is 0 Å². The Labute approximate surface area is 162 Å². The zero-order valence-electron chi connectivity index (χ0n) is 15.8. The van der Waals surface area contributed by atoms with E-state index < -0.39 is 0 Å². The van der Waals surface area contributed by atoms with Crippen LogP contribution < -0.4 is 10.5 Å². The van der Waals surface area contributed by atoms with Gasteiger partial charge in [-0.15, -0.1) is 0 Å². The summed E-state index contributed by atoms with van der Waals surface area (Å²) in [5.74, 6) is 0.272. The molecule has 0 radical (unpaired) electrons. The number of amides is 2. The molecule has 3 heterocycles. The quantitative estimate of drug-likeness (QED) is 0.736. The number of primary amides is 1. The van der Waals surface area contributed by atoms with Crippen LogP contribution in [0.25, 0.3) is 11.1 Å². The second-order valence-corrected chi connectivity index (χ2v) is 7.12. The normalized spacial score (nSPS) is 15.1. The first kappa shape index (κ1) is 18.2. The predicted molar refractivity (Wildman–Crippen MR) is 104 cm³/mol. The van der Waals surface area contributed by atoms with Crippen LogP contribution in [-0.2, 0) is 11.3 Å². The van der Waals surface area contributed by atoms with Gasteiger partial charge in [-0.1, -0.05) is 12.1 Å². The molecule has 2 aromatic heterocycles. The van der Waals surface area contributed by atoms with Crippen molar-refractivity contribution in [3.05, 3.63) is 53.9 Å². The van der Waals surface area contributed by atoms with E-state index in [1.54, 1.807) is 18.3 Å². The lowest BCUT2D eigenvalue weighted by atomic mass is 9.96. The molecule has 4 rings (SSSR count). The summed E-state index contributed by atoms with van der Waals surface area (Å²) in [5, 5.41) is 0.887. The van der Waals surface area contributed by atoms with E-state index in [1.807, 2.05) is 41.0 Å². The molecule has 0 aliphatic carbocycles. The highest BCUT2D eigenvalue weighted by Crippen LogP contribution is 2.26. The average molecular weight is 381 g/mol. The minimum absolute atomic E-state index is 0.0581. The van der Waals surface area contributed by atoms with E-state index in [0.717, 1.165) is 16.7 Å². The monoisotopic (exact) mass is 381 g/mol. The fraction of sp³-hybridized carbons (Fsp3) is 0.333. The molecule has 1 aliphatic heterocycles. The van der Waals surface area contributed by atoms with Gasteiger partial charge < -0.3 is 24.4 Å². The summed E-state index contributed by atoms with van der Waals surface area (Å²) in [6, 6.07) is 11.5. The van der Waals surface area contributed by atoms with E-state index in [4.69, 9.17) is 14.9 Å². The third-order valence-electron chi connectivity index (χ3n) is 5.38. The van der Waals surface area contributed by atoms with E-state index in [0.29, 0.717) is 43.9 Å². The Morgan fingerprint density at radius 3 is 2.71 bits per heavy atom. The first-order valence-electron chi connectivity index (χ1n) is 9.35. The van der Waals surface area contributed by atoms with Crippen LogP contribution in [-0.4, -0.2) is 41.5 Å². The van der Waals surface area contributed by atoms with Gasteiger partial charge in [0.05, 0.1) is 19.9 Å². The Morgan fingerprint density at radius 2 is 2.00 bits per heavy atom. The Hall–Kier alpha value is -3.22. The Morgan fingerprint density at radius 1 is 1.21 bits per heavy atom. The number of piperidine rings is 1. The molecule has 1 aliphatic rings. The summed E-state index contributed by atoms with van der Waals surface area (Å²) in [4.78, 5) is 26.4. The van der Waals surface area contributed by atoms with Crippen molar-refractivity contribution in [3.8, 4) is 5.75 Å². The van der Waals surface area contributed by atoms with Gasteiger partial charge in [0.2, 0.25) is 11.6 Å². The van der Waals surface area contributed by atoms with Crippen molar-refractivity contribution in [2.75, 3.05) is 20.2 Å². The largest absolute Gasteiger partial charge is 0.497 e. The molecular formula is C21H23N3O4. The van der Waals surface area contributed by atoms with Gasteiger partial charge in [-0.2, -0.15) is 0 Å². The van der Waals surface area contributed by atoms with Crippen molar-refractivity contribution in [2.45, 2.75) is 19.4 Å². The number of benzene rings is 1. The smallest absolute Gasteiger partial charge is 0.270 e. The summed E-state index contributed by atoms with van der Waals surface area (Å²) in [6.07, 6.45) is 2.83. The highest BCUT2D eigenvalue weighted by atomic mass is 16.5. The standard InChI is InChI=1S/C21H23N3O4/c1-27-17-4-2-3-14(11-17)13-24-18(12-16-7-10-28-21(16)24)20(26)23-8-5-15(6-9-23)19(22)25/h2-4,7,10-12,15H,5-6,8-9,13H2,1H3,(H2,22,25). The predicted octanol–water partition coefficient (Wildman–Crippen LogP) is 2.63. The lowest BCUT2D eigenvalue weighted by Crippen LogP contribution is -2.42. The van der Waals surface area contributed by atoms with Crippen LogP contribution in [0.15, 0.2) is 47.1 Å².